The van der Waals surface area contributed by atoms with Crippen LogP contribution in [0.25, 0.3) is 111 Å². The fraction of sp³-hybridized carbons (Fsp3) is 0.0847. The molecule has 2 aliphatic rings. The monoisotopic (exact) mass is 848 g/mol. The van der Waals surface area contributed by atoms with E-state index in [0.717, 1.165) is 39.0 Å². The van der Waals surface area contributed by atoms with E-state index < -0.39 is 20.1 Å². The van der Waals surface area contributed by atoms with E-state index >= 15 is 0 Å². The van der Waals surface area contributed by atoms with Crippen LogP contribution in [0, 0.1) is 0 Å². The fourth-order valence-electron chi connectivity index (χ4n) is 10.8. The van der Waals surface area contributed by atoms with E-state index in [1.807, 2.05) is 0 Å². The molecular formula is C59H44O2S2. The van der Waals surface area contributed by atoms with Gasteiger partial charge in [-0.1, -0.05) is 140 Å². The summed E-state index contributed by atoms with van der Waals surface area (Å²) in [5.41, 5.74) is 18.8. The van der Waals surface area contributed by atoms with Gasteiger partial charge in [0.25, 0.3) is 0 Å². The van der Waals surface area contributed by atoms with Gasteiger partial charge in [-0.2, -0.15) is 20.1 Å². The number of furan rings is 2. The molecule has 0 N–H and O–H groups in total. The molecule has 2 aromatic heterocycles. The summed E-state index contributed by atoms with van der Waals surface area (Å²) < 4.78 is 14.1. The van der Waals surface area contributed by atoms with Crippen molar-refractivity contribution in [3.05, 3.63) is 182 Å². The van der Waals surface area contributed by atoms with Crippen LogP contribution in [-0.2, 0) is 0 Å². The normalized spacial score (nSPS) is 17.4. The van der Waals surface area contributed by atoms with E-state index in [0.29, 0.717) is 0 Å². The van der Waals surface area contributed by atoms with Crippen molar-refractivity contribution >= 4 is 63.9 Å². The van der Waals surface area contributed by atoms with Gasteiger partial charge in [0.1, 0.15) is 22.3 Å². The van der Waals surface area contributed by atoms with Crippen molar-refractivity contribution in [3.8, 4) is 66.8 Å². The second-order valence-electron chi connectivity index (χ2n) is 17.6. The van der Waals surface area contributed by atoms with Gasteiger partial charge in [-0.25, -0.2) is 0 Å². The van der Waals surface area contributed by atoms with Crippen LogP contribution in [0.5, 0.6) is 0 Å². The minimum Gasteiger partial charge on any atom is -0.455 e. The van der Waals surface area contributed by atoms with Gasteiger partial charge in [0.15, 0.2) is 0 Å². The van der Waals surface area contributed by atoms with E-state index in [4.69, 9.17) is 8.83 Å². The van der Waals surface area contributed by atoms with Crippen LogP contribution in [0.15, 0.2) is 210 Å². The zero-order valence-corrected chi connectivity index (χ0v) is 37.3. The molecule has 0 fully saturated rings. The van der Waals surface area contributed by atoms with E-state index in [1.165, 1.54) is 96.9 Å². The molecule has 2 nitrogen and oxygen atoms in total. The van der Waals surface area contributed by atoms with Crippen LogP contribution in [-0.4, -0.2) is 24.5 Å². The first-order valence-electron chi connectivity index (χ1n) is 21.8. The highest BCUT2D eigenvalue weighted by molar-refractivity contribution is 8.34. The van der Waals surface area contributed by atoms with E-state index in [2.05, 4.69) is 208 Å². The van der Waals surface area contributed by atoms with Gasteiger partial charge in [0.05, 0.1) is 0 Å². The zero-order valence-electron chi connectivity index (χ0n) is 35.7. The molecule has 304 valence electrons. The zero-order chi connectivity index (χ0) is 42.2. The summed E-state index contributed by atoms with van der Waals surface area (Å²) in [6.07, 6.45) is 7.54. The van der Waals surface area contributed by atoms with Gasteiger partial charge in [-0.3, -0.25) is 0 Å². The van der Waals surface area contributed by atoms with Crippen molar-refractivity contribution in [2.45, 2.75) is 26.5 Å². The quantitative estimate of drug-likeness (QED) is 0.172. The van der Waals surface area contributed by atoms with Gasteiger partial charge in [0, 0.05) is 63.4 Å². The Hall–Kier alpha value is -6.72. The van der Waals surface area contributed by atoms with Crippen molar-refractivity contribution in [1.29, 1.82) is 0 Å². The lowest BCUT2D eigenvalue weighted by molar-refractivity contribution is 0.669. The lowest BCUT2D eigenvalue weighted by Gasteiger charge is -2.33. The number of rotatable bonds is 5. The van der Waals surface area contributed by atoms with Crippen molar-refractivity contribution in [3.63, 3.8) is 0 Å². The molecule has 4 heterocycles. The molecule has 63 heavy (non-hydrogen) atoms. The molecule has 4 heteroatoms. The molecule has 1 unspecified atom stereocenters. The highest BCUT2D eigenvalue weighted by atomic mass is 32.3. The average molecular weight is 849 g/mol. The second-order valence-corrected chi connectivity index (χ2v) is 24.8. The summed E-state index contributed by atoms with van der Waals surface area (Å²) in [6, 6.07) is 67.0. The van der Waals surface area contributed by atoms with Crippen LogP contribution in [0.1, 0.15) is 6.92 Å². The van der Waals surface area contributed by atoms with Gasteiger partial charge in [-0.15, -0.1) is 0 Å². The molecule has 0 saturated heterocycles. The summed E-state index contributed by atoms with van der Waals surface area (Å²) in [4.78, 5) is 5.75. The van der Waals surface area contributed by atoms with Gasteiger partial charge in [0.2, 0.25) is 0 Å². The van der Waals surface area contributed by atoms with E-state index in [1.54, 1.807) is 0 Å². The van der Waals surface area contributed by atoms with Crippen LogP contribution in [0.2, 0.25) is 0 Å². The topological polar surface area (TPSA) is 26.3 Å². The Morgan fingerprint density at radius 1 is 0.365 bits per heavy atom. The Bertz CT molecular complexity index is 3710. The standard InChI is InChI=1S/C59H44O2S2/c1-5-63(4)51-35-46-50(34-47(51)55-53(63)33-45(58-57(55)43-27-13-15-29-49(43)60-58)41-25-17-23-39(31-41)37-20-10-7-11-21-37)62(2,3)52-32-44(40-24-16-22-38(30-40)36-18-8-6-9-19-36)54-42-26-12-14-28-48(42)61-59(54)56(46)52/h6-35H,5H2,1-4H3. The number of benzene rings is 9. The first-order chi connectivity index (χ1) is 30.8. The molecule has 13 rings (SSSR count). The largest absolute Gasteiger partial charge is 0.455 e. The molecule has 0 spiro atoms. The van der Waals surface area contributed by atoms with Gasteiger partial charge >= 0.3 is 0 Å². The Balaban J connectivity index is 1.07. The average Bonchev–Trinajstić information content (AvgIpc) is 4.04. The first-order valence-corrected chi connectivity index (χ1v) is 26.4. The maximum atomic E-state index is 7.09. The summed E-state index contributed by atoms with van der Waals surface area (Å²) in [5, 5.41) is 4.77. The lowest BCUT2D eigenvalue weighted by atomic mass is 9.91. The van der Waals surface area contributed by atoms with Gasteiger partial charge in [-0.05, 0) is 118 Å². The third kappa shape index (κ3) is 5.17. The molecule has 1 atom stereocenters. The predicted molar refractivity (Wildman–Crippen MR) is 270 cm³/mol. The summed E-state index contributed by atoms with van der Waals surface area (Å²) in [7, 11) is -2.97. The minimum absolute atomic E-state index is 0.929. The summed E-state index contributed by atoms with van der Waals surface area (Å²) in [5.74, 6) is 1.04. The molecule has 0 amide bonds. The van der Waals surface area contributed by atoms with E-state index in [9.17, 15) is 0 Å². The van der Waals surface area contributed by atoms with Crippen LogP contribution < -0.4 is 0 Å². The number of hydrogen-bond acceptors (Lipinski definition) is 2. The second kappa shape index (κ2) is 13.4. The third-order valence-corrected chi connectivity index (χ3v) is 20.7. The molecule has 9 aromatic carbocycles. The van der Waals surface area contributed by atoms with E-state index in [-0.39, 0.29) is 0 Å². The third-order valence-electron chi connectivity index (χ3n) is 14.1. The van der Waals surface area contributed by atoms with Crippen molar-refractivity contribution < 1.29 is 8.83 Å². The smallest absolute Gasteiger partial charge is 0.144 e. The maximum Gasteiger partial charge on any atom is 0.144 e. The molecule has 11 aromatic rings. The molecule has 0 bridgehead atoms. The van der Waals surface area contributed by atoms with Crippen LogP contribution in [0.3, 0.4) is 0 Å². The highest BCUT2D eigenvalue weighted by Crippen LogP contribution is 2.76. The van der Waals surface area contributed by atoms with Crippen molar-refractivity contribution in [2.24, 2.45) is 0 Å². The Morgan fingerprint density at radius 2 is 0.841 bits per heavy atom. The maximum absolute atomic E-state index is 7.09. The number of hydrogen-bond donors (Lipinski definition) is 0. The van der Waals surface area contributed by atoms with Crippen LogP contribution >= 0.6 is 20.1 Å². The molecular weight excluding hydrogens is 805 g/mol. The number of fused-ring (bicyclic) bond motifs is 14. The van der Waals surface area contributed by atoms with Gasteiger partial charge < -0.3 is 8.83 Å². The predicted octanol–water partition coefficient (Wildman–Crippen LogP) is 17.5. The lowest BCUT2D eigenvalue weighted by Crippen LogP contribution is -2.00. The molecule has 0 saturated carbocycles. The first kappa shape index (κ1) is 36.9. The number of para-hydroxylation sites is 2. The minimum atomic E-state index is -1.49. The SMILES string of the molecule is CCS1(C)c2cc3c(cc2-c2c1cc(-c1cccc(-c4ccccc4)c1)c1oc4ccccc4c21)S(C)(C)c1cc(-c2cccc(-c4ccccc4)c2)c2c(oc4ccccc42)c1-3. The Morgan fingerprint density at radius 3 is 1.48 bits per heavy atom. The van der Waals surface area contributed by atoms with Crippen molar-refractivity contribution in [1.82, 2.24) is 0 Å². The Kier molecular flexibility index (Phi) is 7.84. The summed E-state index contributed by atoms with van der Waals surface area (Å²) >= 11 is 0. The Labute approximate surface area is 370 Å². The summed E-state index contributed by atoms with van der Waals surface area (Å²) in [6.45, 7) is 2.39. The van der Waals surface area contributed by atoms with Crippen LogP contribution in [0.4, 0.5) is 0 Å². The highest BCUT2D eigenvalue weighted by Gasteiger charge is 2.43. The molecule has 0 aliphatic carbocycles. The molecule has 0 radical (unpaired) electrons. The molecule has 2 aliphatic heterocycles. The fourth-order valence-corrected chi connectivity index (χ4v) is 16.2. The van der Waals surface area contributed by atoms with Crippen molar-refractivity contribution in [2.75, 3.05) is 24.5 Å².